The van der Waals surface area contributed by atoms with E-state index in [0.29, 0.717) is 18.2 Å². The van der Waals surface area contributed by atoms with Crippen molar-refractivity contribution in [2.75, 3.05) is 0 Å². The third-order valence-electron chi connectivity index (χ3n) is 4.66. The number of nitrogens with zero attached hydrogens (tertiary/aromatic N) is 3. The summed E-state index contributed by atoms with van der Waals surface area (Å²) in [7, 11) is 0. The van der Waals surface area contributed by atoms with Crippen LogP contribution < -0.4 is 4.74 Å². The summed E-state index contributed by atoms with van der Waals surface area (Å²) < 4.78 is 7.48. The predicted octanol–water partition coefficient (Wildman–Crippen LogP) is 2.70. The summed E-state index contributed by atoms with van der Waals surface area (Å²) in [6, 6.07) is 7.89. The maximum atomic E-state index is 11.2. The van der Waals surface area contributed by atoms with Gasteiger partial charge in [0.1, 0.15) is 12.3 Å². The van der Waals surface area contributed by atoms with Crippen LogP contribution in [-0.4, -0.2) is 25.8 Å². The highest BCUT2D eigenvalue weighted by Crippen LogP contribution is 2.37. The number of carbonyl (C=O) groups is 1. The largest absolute Gasteiger partial charge is 0.482 e. The number of rotatable bonds is 4. The lowest BCUT2D eigenvalue weighted by atomic mass is 10.1. The van der Waals surface area contributed by atoms with Crippen LogP contribution in [0.25, 0.3) is 0 Å². The van der Waals surface area contributed by atoms with Crippen LogP contribution in [0.15, 0.2) is 24.3 Å². The second-order valence-corrected chi connectivity index (χ2v) is 6.28. The zero-order chi connectivity index (χ0) is 15.8. The minimum atomic E-state index is -0.912. The molecule has 0 amide bonds. The number of benzene rings is 1. The number of ether oxygens (including phenoxy) is 1. The zero-order valence-corrected chi connectivity index (χ0v) is 12.8. The molecule has 0 bridgehead atoms. The van der Waals surface area contributed by atoms with Crippen LogP contribution in [0.2, 0.25) is 0 Å². The van der Waals surface area contributed by atoms with Crippen molar-refractivity contribution < 1.29 is 14.6 Å². The monoisotopic (exact) mass is 313 g/mol. The Labute approximate surface area is 134 Å². The summed E-state index contributed by atoms with van der Waals surface area (Å²) in [5.41, 5.74) is 1.13. The van der Waals surface area contributed by atoms with Crippen LogP contribution in [-0.2, 0) is 17.8 Å². The lowest BCUT2D eigenvalue weighted by molar-refractivity contribution is -0.138. The second-order valence-electron chi connectivity index (χ2n) is 6.28. The molecule has 0 unspecified atom stereocenters. The van der Waals surface area contributed by atoms with E-state index in [4.69, 9.17) is 9.84 Å². The van der Waals surface area contributed by atoms with Crippen molar-refractivity contribution >= 4 is 5.97 Å². The van der Waals surface area contributed by atoms with E-state index in [-0.39, 0.29) is 12.6 Å². The number of hydrogen-bond donors (Lipinski definition) is 1. The first-order valence-corrected chi connectivity index (χ1v) is 8.11. The fraction of sp³-hybridized carbons (Fsp3) is 0.471. The Morgan fingerprint density at radius 3 is 2.83 bits per heavy atom. The molecule has 2 heterocycles. The molecular weight excluding hydrogens is 294 g/mol. The molecule has 1 aromatic heterocycles. The van der Waals surface area contributed by atoms with Crippen molar-refractivity contribution in [1.82, 2.24) is 14.8 Å². The molecule has 1 saturated carbocycles. The molecule has 6 heteroatoms. The molecule has 0 saturated heterocycles. The molecule has 1 aliphatic carbocycles. The second kappa shape index (κ2) is 5.68. The topological polar surface area (TPSA) is 77.2 Å². The molecule has 1 fully saturated rings. The highest BCUT2D eigenvalue weighted by Gasteiger charge is 2.31. The molecule has 1 atom stereocenters. The van der Waals surface area contributed by atoms with Crippen LogP contribution in [0.3, 0.4) is 0 Å². The van der Waals surface area contributed by atoms with E-state index >= 15 is 0 Å². The van der Waals surface area contributed by atoms with Gasteiger partial charge in [-0.15, -0.1) is 0 Å². The van der Waals surface area contributed by atoms with E-state index in [0.717, 1.165) is 30.0 Å². The number of aliphatic carboxylic acids is 1. The van der Waals surface area contributed by atoms with Crippen LogP contribution in [0, 0.1) is 0 Å². The van der Waals surface area contributed by atoms with Crippen LogP contribution in [0.5, 0.6) is 5.75 Å². The van der Waals surface area contributed by atoms with Crippen LogP contribution in [0.4, 0.5) is 0 Å². The highest BCUT2D eigenvalue weighted by molar-refractivity contribution is 5.66. The molecule has 1 aliphatic heterocycles. The van der Waals surface area contributed by atoms with E-state index in [9.17, 15) is 4.79 Å². The molecule has 6 nitrogen and oxygen atoms in total. The number of carboxylic acids is 1. The molecule has 2 aliphatic rings. The lowest BCUT2D eigenvalue weighted by Gasteiger charge is -2.10. The maximum absolute atomic E-state index is 11.2. The quantitative estimate of drug-likeness (QED) is 0.939. The Morgan fingerprint density at radius 2 is 2.09 bits per heavy atom. The summed E-state index contributed by atoms with van der Waals surface area (Å²) in [4.78, 5) is 15.8. The van der Waals surface area contributed by atoms with E-state index in [1.54, 1.807) is 0 Å². The molecule has 2 aromatic rings. The summed E-state index contributed by atoms with van der Waals surface area (Å²) in [6.45, 7) is -0.175. The number of carboxylic acid groups (broad SMARTS) is 1. The van der Waals surface area contributed by atoms with Gasteiger partial charge in [-0.05, 0) is 24.5 Å². The average molecular weight is 313 g/mol. The maximum Gasteiger partial charge on any atom is 0.325 e. The van der Waals surface area contributed by atoms with Crippen molar-refractivity contribution in [2.45, 2.75) is 50.7 Å². The molecule has 1 N–H and O–H groups in total. The van der Waals surface area contributed by atoms with Crippen molar-refractivity contribution in [1.29, 1.82) is 0 Å². The van der Waals surface area contributed by atoms with Gasteiger partial charge in [0.25, 0.3) is 0 Å². The lowest BCUT2D eigenvalue weighted by Crippen LogP contribution is -2.17. The van der Waals surface area contributed by atoms with Gasteiger partial charge in [0, 0.05) is 12.3 Å². The molecule has 0 spiro atoms. The number of aromatic nitrogens is 3. The van der Waals surface area contributed by atoms with Gasteiger partial charge in [0.15, 0.2) is 17.8 Å². The number of hydrogen-bond acceptors (Lipinski definition) is 4. The van der Waals surface area contributed by atoms with Gasteiger partial charge in [-0.2, -0.15) is 5.10 Å². The fourth-order valence-corrected chi connectivity index (χ4v) is 3.54. The third kappa shape index (κ3) is 2.69. The molecule has 120 valence electrons. The first-order chi connectivity index (χ1) is 11.2. The Morgan fingerprint density at radius 1 is 1.30 bits per heavy atom. The fourth-order valence-electron chi connectivity index (χ4n) is 3.54. The Bertz CT molecular complexity index is 709. The summed E-state index contributed by atoms with van der Waals surface area (Å²) >= 11 is 0. The van der Waals surface area contributed by atoms with Crippen LogP contribution >= 0.6 is 0 Å². The summed E-state index contributed by atoms with van der Waals surface area (Å²) in [5, 5.41) is 13.6. The van der Waals surface area contributed by atoms with Crippen molar-refractivity contribution in [3.8, 4) is 5.75 Å². The minimum absolute atomic E-state index is 0.175. The molecule has 23 heavy (non-hydrogen) atoms. The molecule has 4 rings (SSSR count). The standard InChI is InChI=1S/C17H19N3O3/c21-15(22)10-20-17(18-16(19-20)11-5-1-2-6-11)14-9-12-7-3-4-8-13(12)23-14/h3-4,7-8,11,14H,1-2,5-6,9-10H2,(H,21,22)/t14-/m1/s1. The Kier molecular flexibility index (Phi) is 3.52. The van der Waals surface area contributed by atoms with Gasteiger partial charge in [-0.25, -0.2) is 9.67 Å². The normalized spacial score (nSPS) is 20.4. The highest BCUT2D eigenvalue weighted by atomic mass is 16.5. The molecular formula is C17H19N3O3. The van der Waals surface area contributed by atoms with E-state index < -0.39 is 5.97 Å². The van der Waals surface area contributed by atoms with Gasteiger partial charge >= 0.3 is 5.97 Å². The van der Waals surface area contributed by atoms with Gasteiger partial charge in [0.05, 0.1) is 0 Å². The predicted molar refractivity (Wildman–Crippen MR) is 82.4 cm³/mol. The first kappa shape index (κ1) is 14.2. The van der Waals surface area contributed by atoms with Crippen LogP contribution in [0.1, 0.15) is 54.9 Å². The van der Waals surface area contributed by atoms with Gasteiger partial charge in [-0.3, -0.25) is 4.79 Å². The SMILES string of the molecule is O=C(O)Cn1nc(C2CCCC2)nc1[C@H]1Cc2ccccc2O1. The van der Waals surface area contributed by atoms with E-state index in [1.807, 2.05) is 24.3 Å². The molecule has 0 radical (unpaired) electrons. The van der Waals surface area contributed by atoms with Gasteiger partial charge in [0.2, 0.25) is 0 Å². The summed E-state index contributed by atoms with van der Waals surface area (Å²) in [5.74, 6) is 1.70. The van der Waals surface area contributed by atoms with E-state index in [1.165, 1.54) is 17.5 Å². The van der Waals surface area contributed by atoms with Crippen molar-refractivity contribution in [2.24, 2.45) is 0 Å². The molecule has 1 aromatic carbocycles. The third-order valence-corrected chi connectivity index (χ3v) is 4.66. The Hall–Kier alpha value is -2.37. The van der Waals surface area contributed by atoms with Gasteiger partial charge in [-0.1, -0.05) is 31.0 Å². The van der Waals surface area contributed by atoms with Crippen molar-refractivity contribution in [3.63, 3.8) is 0 Å². The Balaban J connectivity index is 1.65. The number of fused-ring (bicyclic) bond motifs is 1. The number of para-hydroxylation sites is 1. The first-order valence-electron chi connectivity index (χ1n) is 8.11. The smallest absolute Gasteiger partial charge is 0.325 e. The average Bonchev–Trinajstić information content (AvgIpc) is 3.25. The van der Waals surface area contributed by atoms with Gasteiger partial charge < -0.3 is 9.84 Å². The zero-order valence-electron chi connectivity index (χ0n) is 12.8. The van der Waals surface area contributed by atoms with Crippen molar-refractivity contribution in [3.05, 3.63) is 41.5 Å². The van der Waals surface area contributed by atoms with E-state index in [2.05, 4.69) is 10.1 Å². The summed E-state index contributed by atoms with van der Waals surface area (Å²) in [6.07, 6.45) is 5.01. The minimum Gasteiger partial charge on any atom is -0.482 e.